The molecule has 7 N–H and O–H groups in total. The number of hydrogen-bond acceptors (Lipinski definition) is 11. The van der Waals surface area contributed by atoms with Gasteiger partial charge in [-0.3, -0.25) is 4.79 Å². The van der Waals surface area contributed by atoms with Crippen LogP contribution in [0.2, 0.25) is 0 Å². The summed E-state index contributed by atoms with van der Waals surface area (Å²) in [6.07, 6.45) is -6.31. The van der Waals surface area contributed by atoms with E-state index in [-0.39, 0.29) is 33.6 Å². The average molecular weight is 448 g/mol. The van der Waals surface area contributed by atoms with Crippen molar-refractivity contribution in [2.75, 3.05) is 6.61 Å². The van der Waals surface area contributed by atoms with Crippen molar-refractivity contribution in [1.82, 2.24) is 0 Å². The number of ether oxygens (including phenoxy) is 2. The van der Waals surface area contributed by atoms with E-state index < -0.39 is 59.6 Å². The third-order valence-corrected chi connectivity index (χ3v) is 5.25. The number of aliphatic hydroxyl groups is 3. The molecule has 1 aromatic heterocycles. The van der Waals surface area contributed by atoms with Crippen LogP contribution in [-0.4, -0.2) is 67.0 Å². The Balaban J connectivity index is 1.96. The zero-order valence-corrected chi connectivity index (χ0v) is 16.6. The van der Waals surface area contributed by atoms with Gasteiger partial charge in [0.1, 0.15) is 40.8 Å². The van der Waals surface area contributed by atoms with Gasteiger partial charge in [-0.25, -0.2) is 0 Å². The van der Waals surface area contributed by atoms with Crippen LogP contribution in [0.15, 0.2) is 33.5 Å². The van der Waals surface area contributed by atoms with E-state index in [0.29, 0.717) is 0 Å². The highest BCUT2D eigenvalue weighted by atomic mass is 16.7. The first-order valence-corrected chi connectivity index (χ1v) is 9.47. The maximum Gasteiger partial charge on any atom is 0.239 e. The largest absolute Gasteiger partial charge is 0.507 e. The Morgan fingerprint density at radius 1 is 0.938 bits per heavy atom. The van der Waals surface area contributed by atoms with E-state index >= 15 is 0 Å². The van der Waals surface area contributed by atoms with Crippen molar-refractivity contribution in [2.24, 2.45) is 0 Å². The Morgan fingerprint density at radius 3 is 2.34 bits per heavy atom. The summed E-state index contributed by atoms with van der Waals surface area (Å²) in [5.41, 5.74) is -0.852. The molecule has 0 amide bonds. The van der Waals surface area contributed by atoms with Crippen molar-refractivity contribution in [3.8, 4) is 40.1 Å². The molecular weight excluding hydrogens is 428 g/mol. The highest BCUT2D eigenvalue weighted by molar-refractivity contribution is 5.91. The van der Waals surface area contributed by atoms with E-state index in [0.717, 1.165) is 18.2 Å². The van der Waals surface area contributed by atoms with Crippen LogP contribution in [0.25, 0.3) is 22.3 Å². The standard InChI is InChI=1S/C21H20O11/c1-7-10(23)5-12(25)14-16(28)20(32-21-17(29)15(27)13(26)6-30-21)19(31-18(7)14)8-2-3-9(22)11(24)4-8/h2-5,13,15,17,21-27,29H,6H2,1H3/t13-,15-,17-,21+/m0/s1. The van der Waals surface area contributed by atoms with Crippen molar-refractivity contribution < 1.29 is 49.6 Å². The molecule has 0 unspecified atom stereocenters. The molecule has 0 spiro atoms. The number of phenolic OH excluding ortho intramolecular Hbond substituents is 4. The van der Waals surface area contributed by atoms with Crippen LogP contribution >= 0.6 is 0 Å². The Hall–Kier alpha value is -3.51. The fourth-order valence-corrected chi connectivity index (χ4v) is 3.40. The second-order valence-corrected chi connectivity index (χ2v) is 7.40. The first kappa shape index (κ1) is 21.7. The van der Waals surface area contributed by atoms with Crippen LogP contribution in [0.4, 0.5) is 0 Å². The Bertz CT molecular complexity index is 1250. The maximum absolute atomic E-state index is 13.3. The van der Waals surface area contributed by atoms with Crippen LogP contribution in [0.1, 0.15) is 5.56 Å². The predicted molar refractivity (Wildman–Crippen MR) is 108 cm³/mol. The van der Waals surface area contributed by atoms with Gasteiger partial charge in [0.05, 0.1) is 6.61 Å². The number of benzene rings is 2. The lowest BCUT2D eigenvalue weighted by atomic mass is 10.0. The average Bonchev–Trinajstić information content (AvgIpc) is 2.75. The summed E-state index contributed by atoms with van der Waals surface area (Å²) < 4.78 is 16.5. The van der Waals surface area contributed by atoms with Crippen molar-refractivity contribution in [3.05, 3.63) is 40.1 Å². The lowest BCUT2D eigenvalue weighted by Crippen LogP contribution is -2.55. The van der Waals surface area contributed by atoms with Gasteiger partial charge in [-0.1, -0.05) is 0 Å². The second-order valence-electron chi connectivity index (χ2n) is 7.40. The minimum Gasteiger partial charge on any atom is -0.507 e. The van der Waals surface area contributed by atoms with Crippen LogP contribution < -0.4 is 10.2 Å². The Labute approximate surface area is 179 Å². The number of rotatable bonds is 3. The number of fused-ring (bicyclic) bond motifs is 1. The van der Waals surface area contributed by atoms with Gasteiger partial charge in [-0.2, -0.15) is 0 Å². The van der Waals surface area contributed by atoms with E-state index in [1.54, 1.807) is 0 Å². The van der Waals surface area contributed by atoms with Crippen LogP contribution in [-0.2, 0) is 4.74 Å². The molecule has 2 aromatic carbocycles. The van der Waals surface area contributed by atoms with Crippen molar-refractivity contribution in [3.63, 3.8) is 0 Å². The second kappa shape index (κ2) is 7.88. The minimum atomic E-state index is -1.73. The molecule has 4 atom stereocenters. The van der Waals surface area contributed by atoms with Crippen LogP contribution in [0.5, 0.6) is 28.7 Å². The quantitative estimate of drug-likeness (QED) is 0.275. The lowest BCUT2D eigenvalue weighted by molar-refractivity contribution is -0.242. The third kappa shape index (κ3) is 3.46. The molecule has 11 heteroatoms. The summed E-state index contributed by atoms with van der Waals surface area (Å²) in [6.45, 7) is 1.06. The van der Waals surface area contributed by atoms with E-state index in [1.165, 1.54) is 13.0 Å². The zero-order chi connectivity index (χ0) is 23.3. The molecule has 0 bridgehead atoms. The summed E-state index contributed by atoms with van der Waals surface area (Å²) in [7, 11) is 0. The molecule has 4 rings (SSSR count). The van der Waals surface area contributed by atoms with E-state index in [9.17, 15) is 40.5 Å². The van der Waals surface area contributed by atoms with Crippen LogP contribution in [0.3, 0.4) is 0 Å². The van der Waals surface area contributed by atoms with E-state index in [4.69, 9.17) is 13.9 Å². The molecule has 3 aromatic rings. The highest BCUT2D eigenvalue weighted by Gasteiger charge is 2.40. The summed E-state index contributed by atoms with van der Waals surface area (Å²) >= 11 is 0. The number of aryl methyl sites for hydroxylation is 1. The van der Waals surface area contributed by atoms with Gasteiger partial charge >= 0.3 is 0 Å². The van der Waals surface area contributed by atoms with Gasteiger partial charge in [-0.15, -0.1) is 0 Å². The molecule has 0 radical (unpaired) electrons. The molecule has 32 heavy (non-hydrogen) atoms. The van der Waals surface area contributed by atoms with E-state index in [2.05, 4.69) is 0 Å². The van der Waals surface area contributed by atoms with Crippen molar-refractivity contribution in [2.45, 2.75) is 31.5 Å². The minimum absolute atomic E-state index is 0.0717. The smallest absolute Gasteiger partial charge is 0.239 e. The molecule has 0 aliphatic carbocycles. The lowest BCUT2D eigenvalue weighted by Gasteiger charge is -2.34. The number of aliphatic hydroxyl groups excluding tert-OH is 3. The summed E-state index contributed by atoms with van der Waals surface area (Å²) in [5.74, 6) is -2.72. The van der Waals surface area contributed by atoms with Gasteiger partial charge in [0, 0.05) is 17.2 Å². The van der Waals surface area contributed by atoms with Gasteiger partial charge < -0.3 is 49.6 Å². The summed E-state index contributed by atoms with van der Waals surface area (Å²) in [6, 6.07) is 4.48. The Morgan fingerprint density at radius 2 is 1.66 bits per heavy atom. The van der Waals surface area contributed by atoms with E-state index in [1.807, 2.05) is 0 Å². The fraction of sp³-hybridized carbons (Fsp3) is 0.286. The van der Waals surface area contributed by atoms with Crippen molar-refractivity contribution in [1.29, 1.82) is 0 Å². The normalized spacial score (nSPS) is 23.4. The maximum atomic E-state index is 13.3. The third-order valence-electron chi connectivity index (χ3n) is 5.25. The van der Waals surface area contributed by atoms with Gasteiger partial charge in [0.25, 0.3) is 0 Å². The first-order valence-electron chi connectivity index (χ1n) is 9.47. The molecule has 2 heterocycles. The molecule has 170 valence electrons. The SMILES string of the molecule is Cc1c(O)cc(O)c2c(=O)c(O[C@H]3OC[C@H](O)[C@H](O)[C@@H]3O)c(-c3ccc(O)c(O)c3)oc12. The van der Waals surface area contributed by atoms with Gasteiger partial charge in [-0.05, 0) is 25.1 Å². The predicted octanol–water partition coefficient (Wildman–Crippen LogP) is 0.409. The first-order chi connectivity index (χ1) is 15.1. The number of hydrogen-bond donors (Lipinski definition) is 7. The fourth-order valence-electron chi connectivity index (χ4n) is 3.40. The van der Waals surface area contributed by atoms with Crippen LogP contribution in [0, 0.1) is 6.92 Å². The molecule has 1 aliphatic rings. The Kier molecular flexibility index (Phi) is 5.34. The summed E-state index contributed by atoms with van der Waals surface area (Å²) in [5, 5.41) is 69.2. The molecule has 1 fully saturated rings. The summed E-state index contributed by atoms with van der Waals surface area (Å²) in [4.78, 5) is 13.3. The monoisotopic (exact) mass is 448 g/mol. The number of phenols is 4. The molecule has 1 saturated heterocycles. The number of aromatic hydroxyl groups is 4. The van der Waals surface area contributed by atoms with Crippen molar-refractivity contribution >= 4 is 11.0 Å². The molecule has 11 nitrogen and oxygen atoms in total. The molecular formula is C21H20O11. The van der Waals surface area contributed by atoms with Gasteiger partial charge in [0.2, 0.25) is 17.5 Å². The highest BCUT2D eigenvalue weighted by Crippen LogP contribution is 2.40. The molecule has 0 saturated carbocycles. The van der Waals surface area contributed by atoms with Gasteiger partial charge in [0.15, 0.2) is 17.3 Å². The topological polar surface area (TPSA) is 190 Å². The zero-order valence-electron chi connectivity index (χ0n) is 16.6. The molecule has 1 aliphatic heterocycles.